The first-order chi connectivity index (χ1) is 4.09. The van der Waals surface area contributed by atoms with Crippen molar-refractivity contribution in [3.05, 3.63) is 5.21 Å². The van der Waals surface area contributed by atoms with Gasteiger partial charge in [-0.3, -0.25) is 0 Å². The molecule has 0 rings (SSSR count). The van der Waals surface area contributed by atoms with E-state index in [1.807, 2.05) is 0 Å². The molecule has 56 valence electrons. The molecule has 2 unspecified atom stereocenters. The van der Waals surface area contributed by atoms with Gasteiger partial charge in [0.05, 0.1) is 4.05 Å². The van der Waals surface area contributed by atoms with Gasteiger partial charge in [0.1, 0.15) is 0 Å². The molecule has 0 aromatic carbocycles. The summed E-state index contributed by atoms with van der Waals surface area (Å²) in [5.74, 6) is 0. The van der Waals surface area contributed by atoms with Gasteiger partial charge < -0.3 is 16.0 Å². The van der Waals surface area contributed by atoms with Crippen molar-refractivity contribution < 1.29 is 0 Å². The first kappa shape index (κ1) is 10.3. The van der Waals surface area contributed by atoms with Gasteiger partial charge in [0.2, 0.25) is 0 Å². The average Bonchev–Trinajstić information content (AvgIpc) is 1.64. The minimum Gasteiger partial charge on any atom is -0.785 e. The molecular weight excluding hydrogens is 346 g/mol. The molecule has 0 amide bonds. The Hall–Kier alpha value is 1.34. The van der Waals surface area contributed by atoms with Crippen LogP contribution in [0.25, 0.3) is 0 Å². The number of nitrogens with two attached hydrogens (primary N) is 1. The Balaban J connectivity index is 3.68. The maximum Gasteiger partial charge on any atom is 0.0724 e. The van der Waals surface area contributed by atoms with E-state index in [0.29, 0.717) is 0 Å². The van der Waals surface area contributed by atoms with Crippen LogP contribution >= 0.6 is 45.2 Å². The van der Waals surface area contributed by atoms with Crippen molar-refractivity contribution in [2.24, 2.45) is 5.73 Å². The summed E-state index contributed by atoms with van der Waals surface area (Å²) in [6.45, 7) is 0. The Labute approximate surface area is 82.2 Å². The lowest BCUT2D eigenvalue weighted by Gasteiger charge is -2.33. The van der Waals surface area contributed by atoms with Crippen LogP contribution in [0.15, 0.2) is 0 Å². The second kappa shape index (κ2) is 5.05. The number of halogens is 2. The molecule has 0 aliphatic heterocycles. The lowest BCUT2D eigenvalue weighted by molar-refractivity contribution is 0.362. The van der Waals surface area contributed by atoms with E-state index in [1.54, 1.807) is 0 Å². The largest absolute Gasteiger partial charge is 0.785 e. The number of alkyl halides is 2. The summed E-state index contributed by atoms with van der Waals surface area (Å²) in [7, 11) is 1.50. The third-order valence-corrected chi connectivity index (χ3v) is 2.73. The Morgan fingerprint density at radius 1 is 1.78 bits per heavy atom. The first-order valence-corrected chi connectivity index (χ1v) is 5.22. The van der Waals surface area contributed by atoms with Crippen LogP contribution in [0.1, 0.15) is 0 Å². The molecule has 0 aliphatic rings. The summed E-state index contributed by atoms with van der Waals surface area (Å²) < 4.78 is 0.712. The summed E-state index contributed by atoms with van der Waals surface area (Å²) in [5, 5.41) is 11.5. The minimum absolute atomic E-state index is 0.0498. The highest BCUT2D eigenvalue weighted by Gasteiger charge is 2.11. The number of nitrogens with zero attached hydrogens (tertiary/aromatic N) is 1. The van der Waals surface area contributed by atoms with E-state index >= 15 is 0 Å². The highest BCUT2D eigenvalue weighted by atomic mass is 127. The molecule has 0 spiro atoms. The second-order valence-electron chi connectivity index (χ2n) is 1.71. The molecule has 3 nitrogen and oxygen atoms in total. The van der Waals surface area contributed by atoms with Gasteiger partial charge in [-0.1, -0.05) is 45.2 Å². The van der Waals surface area contributed by atoms with Gasteiger partial charge in [-0.2, -0.15) is 0 Å². The van der Waals surface area contributed by atoms with Crippen LogP contribution in [0, 0.1) is 5.21 Å². The first-order valence-electron chi connectivity index (χ1n) is 2.45. The van der Waals surface area contributed by atoms with Crippen molar-refractivity contribution in [1.29, 1.82) is 0 Å². The lowest BCUT2D eigenvalue weighted by atomic mass is 10.3. The summed E-state index contributed by atoms with van der Waals surface area (Å²) in [6.07, 6.45) is 0. The number of hydrogen-bond donors (Lipinski definition) is 1. The highest BCUT2D eigenvalue weighted by molar-refractivity contribution is 14.1. The molecule has 2 atom stereocenters. The quantitative estimate of drug-likeness (QED) is 0.355. The van der Waals surface area contributed by atoms with Crippen molar-refractivity contribution in [3.8, 4) is 0 Å². The third kappa shape index (κ3) is 3.91. The number of hydroxylamine groups is 2. The maximum absolute atomic E-state index is 10.6. The highest BCUT2D eigenvalue weighted by Crippen LogP contribution is 2.08. The van der Waals surface area contributed by atoms with Crippen molar-refractivity contribution in [2.75, 3.05) is 11.5 Å². The van der Waals surface area contributed by atoms with E-state index in [-0.39, 0.29) is 10.1 Å². The Bertz CT molecular complexity index is 71.0. The summed E-state index contributed by atoms with van der Waals surface area (Å²) in [4.78, 5) is 0. The number of likely N-dealkylation sites (N-methyl/N-ethyl adjacent to an activating group) is 1. The van der Waals surface area contributed by atoms with Crippen molar-refractivity contribution in [1.82, 2.24) is 5.06 Å². The third-order valence-electron chi connectivity index (χ3n) is 0.993. The molecule has 0 radical (unpaired) electrons. The molecule has 5 heteroatoms. The average molecular weight is 355 g/mol. The van der Waals surface area contributed by atoms with Crippen LogP contribution in [-0.2, 0) is 0 Å². The van der Waals surface area contributed by atoms with Gasteiger partial charge in [-0.25, -0.2) is 0 Å². The molecule has 0 saturated carbocycles. The molecule has 0 aromatic rings. The van der Waals surface area contributed by atoms with Gasteiger partial charge >= 0.3 is 0 Å². The standard InChI is InChI=1S/C4H9I2N2O/c1-8(9)3(2-5)4(6)7/h3-4H,2,7H2,1H3/q-1. The van der Waals surface area contributed by atoms with Gasteiger partial charge in [0, 0.05) is 10.5 Å². The molecular formula is C4H9I2N2O-. The minimum atomic E-state index is -0.0676. The molecule has 0 saturated heterocycles. The van der Waals surface area contributed by atoms with Gasteiger partial charge in [0.15, 0.2) is 0 Å². The van der Waals surface area contributed by atoms with E-state index in [0.717, 1.165) is 9.49 Å². The number of rotatable bonds is 3. The summed E-state index contributed by atoms with van der Waals surface area (Å²) >= 11 is 4.20. The van der Waals surface area contributed by atoms with E-state index in [9.17, 15) is 5.21 Å². The van der Waals surface area contributed by atoms with Gasteiger partial charge in [-0.15, -0.1) is 0 Å². The van der Waals surface area contributed by atoms with E-state index < -0.39 is 0 Å². The van der Waals surface area contributed by atoms with Gasteiger partial charge in [-0.05, 0) is 7.05 Å². The van der Waals surface area contributed by atoms with Crippen LogP contribution in [0.2, 0.25) is 0 Å². The maximum atomic E-state index is 10.6. The molecule has 0 fully saturated rings. The summed E-state index contributed by atoms with van der Waals surface area (Å²) in [6, 6.07) is -0.0498. The number of hydrogen-bond acceptors (Lipinski definition) is 3. The Kier molecular flexibility index (Phi) is 5.80. The molecule has 9 heavy (non-hydrogen) atoms. The Morgan fingerprint density at radius 2 is 2.22 bits per heavy atom. The SMILES string of the molecule is CN([O-])C(CI)C(N)I. The van der Waals surface area contributed by atoms with Crippen LogP contribution in [0.4, 0.5) is 0 Å². The molecule has 0 aliphatic carbocycles. The van der Waals surface area contributed by atoms with E-state index in [2.05, 4.69) is 45.2 Å². The smallest absolute Gasteiger partial charge is 0.0724 e. The van der Waals surface area contributed by atoms with Crippen LogP contribution in [0.5, 0.6) is 0 Å². The fraction of sp³-hybridized carbons (Fsp3) is 1.00. The summed E-state index contributed by atoms with van der Waals surface area (Å²) in [5.41, 5.74) is 5.49. The second-order valence-corrected chi connectivity index (χ2v) is 4.03. The van der Waals surface area contributed by atoms with E-state index in [4.69, 9.17) is 5.73 Å². The van der Waals surface area contributed by atoms with Crippen molar-refractivity contribution in [3.63, 3.8) is 0 Å². The zero-order valence-corrected chi connectivity index (χ0v) is 9.37. The molecule has 0 heterocycles. The van der Waals surface area contributed by atoms with Crippen LogP contribution in [0.3, 0.4) is 0 Å². The zero-order chi connectivity index (χ0) is 7.44. The van der Waals surface area contributed by atoms with Crippen molar-refractivity contribution in [2.45, 2.75) is 10.1 Å². The Morgan fingerprint density at radius 3 is 2.22 bits per heavy atom. The van der Waals surface area contributed by atoms with Gasteiger partial charge in [0.25, 0.3) is 0 Å². The fourth-order valence-corrected chi connectivity index (χ4v) is 3.17. The predicted octanol–water partition coefficient (Wildman–Crippen LogP) is 0.939. The van der Waals surface area contributed by atoms with Crippen LogP contribution in [-0.4, -0.2) is 26.6 Å². The topological polar surface area (TPSA) is 52.3 Å². The molecule has 0 bridgehead atoms. The lowest BCUT2D eigenvalue weighted by Crippen LogP contribution is -2.40. The van der Waals surface area contributed by atoms with E-state index in [1.165, 1.54) is 7.05 Å². The zero-order valence-electron chi connectivity index (χ0n) is 5.05. The van der Waals surface area contributed by atoms with Crippen LogP contribution < -0.4 is 5.73 Å². The predicted molar refractivity (Wildman–Crippen MR) is 55.8 cm³/mol. The fourth-order valence-electron chi connectivity index (χ4n) is 0.383. The monoisotopic (exact) mass is 355 g/mol. The van der Waals surface area contributed by atoms with Crippen molar-refractivity contribution >= 4 is 45.2 Å². The molecule has 2 N–H and O–H groups in total. The molecule has 0 aromatic heterocycles. The normalized spacial score (nSPS) is 18.0.